The van der Waals surface area contributed by atoms with E-state index < -0.39 is 0 Å². The molecule has 0 saturated heterocycles. The first kappa shape index (κ1) is 14.5. The number of hydrogen-bond acceptors (Lipinski definition) is 5. The number of aromatic nitrogens is 3. The number of nitrogens with zero attached hydrogens (tertiary/aromatic N) is 3. The lowest BCUT2D eigenvalue weighted by Crippen LogP contribution is -2.26. The monoisotopic (exact) mass is 298 g/mol. The van der Waals surface area contributed by atoms with Crippen LogP contribution in [0.25, 0.3) is 10.9 Å². The van der Waals surface area contributed by atoms with E-state index in [0.717, 1.165) is 11.5 Å². The summed E-state index contributed by atoms with van der Waals surface area (Å²) in [6, 6.07) is 9.19. The molecule has 22 heavy (non-hydrogen) atoms. The lowest BCUT2D eigenvalue weighted by Gasteiger charge is -2.22. The average molecular weight is 298 g/mol. The first-order valence-corrected chi connectivity index (χ1v) is 7.16. The van der Waals surface area contributed by atoms with Crippen LogP contribution in [0.15, 0.2) is 39.6 Å². The van der Waals surface area contributed by atoms with Gasteiger partial charge < -0.3 is 9.51 Å². The van der Waals surface area contributed by atoms with Gasteiger partial charge in [-0.05, 0) is 33.0 Å². The van der Waals surface area contributed by atoms with Crippen molar-refractivity contribution in [3.8, 4) is 0 Å². The molecule has 6 nitrogen and oxygen atoms in total. The minimum atomic E-state index is -0.113. The summed E-state index contributed by atoms with van der Waals surface area (Å²) in [5, 5.41) is 4.60. The second kappa shape index (κ2) is 5.73. The largest absolute Gasteiger partial charge is 0.361 e. The Morgan fingerprint density at radius 2 is 2.14 bits per heavy atom. The van der Waals surface area contributed by atoms with Crippen molar-refractivity contribution in [1.29, 1.82) is 0 Å². The zero-order chi connectivity index (χ0) is 15.7. The molecule has 1 unspecified atom stereocenters. The Labute approximate surface area is 127 Å². The number of H-pyrrole nitrogens is 1. The standard InChI is InChI=1S/C16H18N4O2/c1-10-8-12(19-22-10)9-20(3)11(2)15-17-14-7-5-4-6-13(14)16(21)18-15/h4-8,11H,9H2,1-3H3,(H,17,18,21). The van der Waals surface area contributed by atoms with Crippen molar-refractivity contribution >= 4 is 10.9 Å². The van der Waals surface area contributed by atoms with Crippen molar-refractivity contribution in [1.82, 2.24) is 20.0 Å². The van der Waals surface area contributed by atoms with Crippen molar-refractivity contribution in [3.05, 3.63) is 58.0 Å². The highest BCUT2D eigenvalue weighted by molar-refractivity contribution is 5.77. The van der Waals surface area contributed by atoms with Gasteiger partial charge in [-0.2, -0.15) is 0 Å². The zero-order valence-electron chi connectivity index (χ0n) is 12.8. The van der Waals surface area contributed by atoms with Crippen LogP contribution in [0.2, 0.25) is 0 Å². The molecule has 0 aliphatic heterocycles. The van der Waals surface area contributed by atoms with Crippen molar-refractivity contribution in [2.45, 2.75) is 26.4 Å². The van der Waals surface area contributed by atoms with E-state index in [9.17, 15) is 4.79 Å². The fourth-order valence-corrected chi connectivity index (χ4v) is 2.40. The first-order chi connectivity index (χ1) is 10.5. The SMILES string of the molecule is Cc1cc(CN(C)C(C)c2nc3ccccc3c(=O)[nH]2)no1. The molecule has 0 fully saturated rings. The maximum Gasteiger partial charge on any atom is 0.258 e. The number of aryl methyl sites for hydroxylation is 1. The second-order valence-electron chi connectivity index (χ2n) is 5.49. The molecule has 0 aliphatic carbocycles. The summed E-state index contributed by atoms with van der Waals surface area (Å²) in [6.45, 7) is 4.48. The van der Waals surface area contributed by atoms with Gasteiger partial charge in [0.05, 0.1) is 22.6 Å². The van der Waals surface area contributed by atoms with Crippen LogP contribution >= 0.6 is 0 Å². The van der Waals surface area contributed by atoms with Gasteiger partial charge in [0.25, 0.3) is 5.56 Å². The quantitative estimate of drug-likeness (QED) is 0.800. The molecule has 0 bridgehead atoms. The summed E-state index contributed by atoms with van der Waals surface area (Å²) in [4.78, 5) is 21.6. The molecule has 114 valence electrons. The molecule has 1 atom stereocenters. The summed E-state index contributed by atoms with van der Waals surface area (Å²) in [5.74, 6) is 1.43. The van der Waals surface area contributed by atoms with Crippen LogP contribution in [0.1, 0.15) is 30.2 Å². The lowest BCUT2D eigenvalue weighted by atomic mass is 10.2. The highest BCUT2D eigenvalue weighted by Crippen LogP contribution is 2.18. The van der Waals surface area contributed by atoms with Crippen molar-refractivity contribution in [3.63, 3.8) is 0 Å². The van der Waals surface area contributed by atoms with E-state index in [0.29, 0.717) is 23.3 Å². The molecule has 0 saturated carbocycles. The van der Waals surface area contributed by atoms with E-state index in [4.69, 9.17) is 4.52 Å². The van der Waals surface area contributed by atoms with Crippen LogP contribution in [0, 0.1) is 6.92 Å². The summed E-state index contributed by atoms with van der Waals surface area (Å²) in [6.07, 6.45) is 0. The third-order valence-electron chi connectivity index (χ3n) is 3.78. The third-order valence-corrected chi connectivity index (χ3v) is 3.78. The maximum absolute atomic E-state index is 12.1. The molecule has 0 amide bonds. The second-order valence-corrected chi connectivity index (χ2v) is 5.49. The number of para-hydroxylation sites is 1. The van der Waals surface area contributed by atoms with Crippen LogP contribution < -0.4 is 5.56 Å². The molecule has 0 spiro atoms. The number of fused-ring (bicyclic) bond motifs is 1. The smallest absolute Gasteiger partial charge is 0.258 e. The molecule has 0 aliphatic rings. The van der Waals surface area contributed by atoms with Crippen molar-refractivity contribution < 1.29 is 4.52 Å². The Balaban J connectivity index is 1.88. The number of hydrogen-bond donors (Lipinski definition) is 1. The highest BCUT2D eigenvalue weighted by Gasteiger charge is 2.17. The number of aromatic amines is 1. The predicted octanol–water partition coefficient (Wildman–Crippen LogP) is 2.41. The molecular weight excluding hydrogens is 280 g/mol. The zero-order valence-corrected chi connectivity index (χ0v) is 12.8. The third kappa shape index (κ3) is 2.78. The van der Waals surface area contributed by atoms with Crippen molar-refractivity contribution in [2.75, 3.05) is 7.05 Å². The molecule has 2 heterocycles. The van der Waals surface area contributed by atoms with Gasteiger partial charge >= 0.3 is 0 Å². The number of nitrogens with one attached hydrogen (secondary N) is 1. The molecule has 2 aromatic heterocycles. The normalized spacial score (nSPS) is 12.9. The van der Waals surface area contributed by atoms with E-state index in [1.807, 2.05) is 45.2 Å². The van der Waals surface area contributed by atoms with E-state index in [1.165, 1.54) is 0 Å². The molecular formula is C16H18N4O2. The summed E-state index contributed by atoms with van der Waals surface area (Å²) in [5.41, 5.74) is 1.45. The van der Waals surface area contributed by atoms with Crippen LogP contribution in [-0.2, 0) is 6.54 Å². The van der Waals surface area contributed by atoms with Crippen LogP contribution in [0.4, 0.5) is 0 Å². The molecule has 1 aromatic carbocycles. The van der Waals surface area contributed by atoms with Crippen LogP contribution in [0.3, 0.4) is 0 Å². The van der Waals surface area contributed by atoms with Gasteiger partial charge in [0.2, 0.25) is 0 Å². The fraction of sp³-hybridized carbons (Fsp3) is 0.312. The Hall–Kier alpha value is -2.47. The molecule has 3 rings (SSSR count). The number of benzene rings is 1. The van der Waals surface area contributed by atoms with Gasteiger partial charge in [0.1, 0.15) is 11.6 Å². The highest BCUT2D eigenvalue weighted by atomic mass is 16.5. The minimum Gasteiger partial charge on any atom is -0.361 e. The fourth-order valence-electron chi connectivity index (χ4n) is 2.40. The molecule has 0 radical (unpaired) electrons. The van der Waals surface area contributed by atoms with Crippen molar-refractivity contribution in [2.24, 2.45) is 0 Å². The van der Waals surface area contributed by atoms with Gasteiger partial charge in [-0.3, -0.25) is 9.69 Å². The Bertz CT molecular complexity index is 852. The molecule has 1 N–H and O–H groups in total. The van der Waals surface area contributed by atoms with E-state index in [2.05, 4.69) is 20.0 Å². The Kier molecular flexibility index (Phi) is 3.77. The summed E-state index contributed by atoms with van der Waals surface area (Å²) >= 11 is 0. The van der Waals surface area contributed by atoms with Gasteiger partial charge in [-0.15, -0.1) is 0 Å². The topological polar surface area (TPSA) is 75.0 Å². The Morgan fingerprint density at radius 1 is 1.36 bits per heavy atom. The van der Waals surface area contributed by atoms with E-state index in [-0.39, 0.29) is 11.6 Å². The molecule has 6 heteroatoms. The van der Waals surface area contributed by atoms with Crippen LogP contribution in [0.5, 0.6) is 0 Å². The summed E-state index contributed by atoms with van der Waals surface area (Å²) in [7, 11) is 1.96. The number of rotatable bonds is 4. The van der Waals surface area contributed by atoms with Gasteiger partial charge in [0, 0.05) is 12.6 Å². The molecule has 3 aromatic rings. The average Bonchev–Trinajstić information content (AvgIpc) is 2.91. The van der Waals surface area contributed by atoms with E-state index in [1.54, 1.807) is 6.07 Å². The summed E-state index contributed by atoms with van der Waals surface area (Å²) < 4.78 is 5.08. The predicted molar refractivity (Wildman–Crippen MR) is 83.5 cm³/mol. The lowest BCUT2D eigenvalue weighted by molar-refractivity contribution is 0.236. The van der Waals surface area contributed by atoms with Gasteiger partial charge in [-0.1, -0.05) is 17.3 Å². The Morgan fingerprint density at radius 3 is 2.86 bits per heavy atom. The maximum atomic E-state index is 12.1. The minimum absolute atomic E-state index is 0.0469. The van der Waals surface area contributed by atoms with Gasteiger partial charge in [-0.25, -0.2) is 4.98 Å². The van der Waals surface area contributed by atoms with Crippen LogP contribution in [-0.4, -0.2) is 27.1 Å². The van der Waals surface area contributed by atoms with Gasteiger partial charge in [0.15, 0.2) is 0 Å². The van der Waals surface area contributed by atoms with E-state index >= 15 is 0 Å². The first-order valence-electron chi connectivity index (χ1n) is 7.16.